The Morgan fingerprint density at radius 3 is 1.70 bits per heavy atom. The number of thioether (sulfide) groups is 1. The fourth-order valence-electron chi connectivity index (χ4n) is 9.53. The molecule has 0 bridgehead atoms. The number of carboxylic acids is 2. The predicted octanol–water partition coefficient (Wildman–Crippen LogP) is 13.9. The van der Waals surface area contributed by atoms with Crippen molar-refractivity contribution in [3.63, 3.8) is 0 Å². The molecular weight excluding hydrogens is 1040 g/mol. The topological polar surface area (TPSA) is 197 Å². The monoisotopic (exact) mass is 1100 g/mol. The van der Waals surface area contributed by atoms with Gasteiger partial charge in [-0.05, 0) is 170 Å². The zero-order chi connectivity index (χ0) is 56.1. The average Bonchev–Trinajstić information content (AvgIpc) is 3.50. The van der Waals surface area contributed by atoms with Gasteiger partial charge in [0, 0.05) is 51.2 Å². The van der Waals surface area contributed by atoms with Gasteiger partial charge in [-0.25, -0.2) is 9.59 Å². The summed E-state index contributed by atoms with van der Waals surface area (Å²) in [6.07, 6.45) is 14.9. The maximum atomic E-state index is 13.6. The van der Waals surface area contributed by atoms with Gasteiger partial charge in [0.1, 0.15) is 0 Å². The second-order valence-electron chi connectivity index (χ2n) is 19.7. The van der Waals surface area contributed by atoms with Gasteiger partial charge in [-0.3, -0.25) is 29.0 Å². The predicted molar refractivity (Wildman–Crippen MR) is 315 cm³/mol. The first-order valence-electron chi connectivity index (χ1n) is 26.9. The lowest BCUT2D eigenvalue weighted by molar-refractivity contribution is -0.137. The van der Waals surface area contributed by atoms with Gasteiger partial charge in [0.15, 0.2) is 0 Å². The second-order valence-corrected chi connectivity index (χ2v) is 21.0. The number of carbonyl (C=O) groups is 6. The SMILES string of the molecule is CSc1cccc(NC(=O)N(Cc2ccc(C(=O)NCCC(=O)O)cc2)c2ccc(C3=CCCCC3)cc2)c1.C[C@H](NC(=O)N(Cc1ccc(C(=O)NCCC(=O)O)cc1)c1ccc(C2CCCCC2)cc1)c1ccc(Cl)cc1. The molecule has 0 heterocycles. The molecule has 1 fully saturated rings. The number of nitrogens with one attached hydrogen (secondary N) is 4. The minimum Gasteiger partial charge on any atom is -0.481 e. The zero-order valence-corrected chi connectivity index (χ0v) is 46.3. The van der Waals surface area contributed by atoms with E-state index in [9.17, 15) is 28.8 Å². The van der Waals surface area contributed by atoms with Gasteiger partial charge in [-0.2, -0.15) is 0 Å². The van der Waals surface area contributed by atoms with Gasteiger partial charge in [0.05, 0.1) is 32.0 Å². The molecule has 6 aromatic rings. The Kier molecular flexibility index (Phi) is 22.1. The molecule has 2 aliphatic carbocycles. The zero-order valence-electron chi connectivity index (χ0n) is 44.7. The number of hydrogen-bond donors (Lipinski definition) is 6. The molecule has 2 aliphatic rings. The van der Waals surface area contributed by atoms with Crippen LogP contribution in [0.5, 0.6) is 0 Å². The Labute approximate surface area is 472 Å². The Morgan fingerprint density at radius 2 is 1.18 bits per heavy atom. The summed E-state index contributed by atoms with van der Waals surface area (Å²) in [6, 6.07) is 44.8. The van der Waals surface area contributed by atoms with Crippen molar-refractivity contribution in [1.29, 1.82) is 0 Å². The summed E-state index contributed by atoms with van der Waals surface area (Å²) in [7, 11) is 0. The highest BCUT2D eigenvalue weighted by Gasteiger charge is 2.23. The molecule has 1 atom stereocenters. The quantitative estimate of drug-likeness (QED) is 0.0403. The molecule has 8 rings (SSSR count). The molecule has 0 saturated heterocycles. The first-order valence-corrected chi connectivity index (χ1v) is 28.5. The Bertz CT molecular complexity index is 3040. The van der Waals surface area contributed by atoms with E-state index in [0.717, 1.165) is 45.8 Å². The maximum Gasteiger partial charge on any atom is 0.326 e. The minimum absolute atomic E-state index is 0.0620. The van der Waals surface area contributed by atoms with Gasteiger partial charge < -0.3 is 31.5 Å². The third-order valence-electron chi connectivity index (χ3n) is 14.0. The summed E-state index contributed by atoms with van der Waals surface area (Å²) in [5.74, 6) is -2.03. The van der Waals surface area contributed by atoms with E-state index in [1.807, 2.05) is 98.1 Å². The number of anilines is 3. The van der Waals surface area contributed by atoms with Gasteiger partial charge >= 0.3 is 24.0 Å². The van der Waals surface area contributed by atoms with E-state index in [2.05, 4.69) is 51.6 Å². The Balaban J connectivity index is 0.000000229. The first kappa shape index (κ1) is 58.8. The lowest BCUT2D eigenvalue weighted by Gasteiger charge is -2.27. The summed E-state index contributed by atoms with van der Waals surface area (Å²) in [6.45, 7) is 2.67. The normalized spacial score (nSPS) is 13.5. The maximum absolute atomic E-state index is 13.6. The summed E-state index contributed by atoms with van der Waals surface area (Å²) in [5.41, 5.74) is 9.64. The number of amides is 6. The van der Waals surface area contributed by atoms with Gasteiger partial charge in [0.25, 0.3) is 11.8 Å². The molecule has 0 aliphatic heterocycles. The molecule has 0 unspecified atom stereocenters. The number of nitrogens with zero attached hydrogens (tertiary/aromatic N) is 2. The number of rotatable bonds is 20. The van der Waals surface area contributed by atoms with Crippen LogP contribution in [0.25, 0.3) is 5.57 Å². The molecule has 6 amide bonds. The van der Waals surface area contributed by atoms with E-state index in [4.69, 9.17) is 21.8 Å². The average molecular weight is 1110 g/mol. The number of halogens is 1. The van der Waals surface area contributed by atoms with E-state index in [-0.39, 0.29) is 55.8 Å². The lowest BCUT2D eigenvalue weighted by atomic mass is 9.84. The van der Waals surface area contributed by atoms with Crippen LogP contribution < -0.4 is 31.1 Å². The third kappa shape index (κ3) is 18.1. The summed E-state index contributed by atoms with van der Waals surface area (Å²) in [4.78, 5) is 77.7. The van der Waals surface area contributed by atoms with Crippen molar-refractivity contribution in [2.75, 3.05) is 34.5 Å². The molecule has 6 aromatic carbocycles. The van der Waals surface area contributed by atoms with E-state index < -0.39 is 11.9 Å². The van der Waals surface area contributed by atoms with Crippen molar-refractivity contribution in [2.45, 2.75) is 107 Å². The standard InChI is InChI=1S/C32H36ClN3O4.C31H33N3O4S/c1-22(24-11-15-28(33)16-12-24)35-32(40)36(29-17-13-26(14-18-29)25-5-3-2-4-6-25)21-23-7-9-27(10-8-23)31(39)34-20-19-30(37)38;1-39-28-9-5-8-26(20-28)33-31(38)34(27-16-14-24(15-17-27)23-6-3-2-4-7-23)21-22-10-12-25(13-11-22)30(37)32-19-18-29(35)36/h7-18,22,25H,2-6,19-21H2,1H3,(H,34,39)(H,35,40)(H,37,38);5-6,8-17,20H,2-4,7,18-19,21H2,1H3,(H,32,37)(H,33,38)(H,35,36)/t22-;/m0./s1. The van der Waals surface area contributed by atoms with Crippen LogP contribution in [0.3, 0.4) is 0 Å². The molecule has 412 valence electrons. The van der Waals surface area contributed by atoms with Crippen LogP contribution in [0.4, 0.5) is 26.7 Å². The fraction of sp³-hybridized carbons (Fsp3) is 0.302. The number of carboxylic acid groups (broad SMARTS) is 2. The number of aliphatic carboxylic acids is 2. The van der Waals surface area contributed by atoms with Crippen LogP contribution in [0, 0.1) is 0 Å². The smallest absolute Gasteiger partial charge is 0.326 e. The van der Waals surface area contributed by atoms with E-state index in [0.29, 0.717) is 40.8 Å². The molecule has 14 nitrogen and oxygen atoms in total. The van der Waals surface area contributed by atoms with Crippen molar-refractivity contribution >= 4 is 81.8 Å². The third-order valence-corrected chi connectivity index (χ3v) is 15.0. The van der Waals surface area contributed by atoms with Crippen molar-refractivity contribution < 1.29 is 39.0 Å². The highest BCUT2D eigenvalue weighted by molar-refractivity contribution is 7.98. The van der Waals surface area contributed by atoms with Crippen molar-refractivity contribution in [3.8, 4) is 0 Å². The highest BCUT2D eigenvalue weighted by Crippen LogP contribution is 2.34. The van der Waals surface area contributed by atoms with Crippen LogP contribution in [0.15, 0.2) is 157 Å². The summed E-state index contributed by atoms with van der Waals surface area (Å²) < 4.78 is 0. The van der Waals surface area contributed by atoms with Crippen LogP contribution in [0.2, 0.25) is 5.02 Å². The number of urea groups is 2. The highest BCUT2D eigenvalue weighted by atomic mass is 35.5. The number of hydrogen-bond acceptors (Lipinski definition) is 7. The van der Waals surface area contributed by atoms with E-state index in [1.165, 1.54) is 61.6 Å². The molecule has 16 heteroatoms. The number of benzene rings is 6. The number of carbonyl (C=O) groups excluding carboxylic acids is 4. The first-order chi connectivity index (χ1) is 38.2. The van der Waals surface area contributed by atoms with Crippen molar-refractivity contribution in [1.82, 2.24) is 16.0 Å². The van der Waals surface area contributed by atoms with Gasteiger partial charge in [0.2, 0.25) is 0 Å². The van der Waals surface area contributed by atoms with Crippen LogP contribution >= 0.6 is 23.4 Å². The molecule has 0 aromatic heterocycles. The van der Waals surface area contributed by atoms with Gasteiger partial charge in [-0.15, -0.1) is 11.8 Å². The molecule has 0 spiro atoms. The molecule has 79 heavy (non-hydrogen) atoms. The largest absolute Gasteiger partial charge is 0.481 e. The Morgan fingerprint density at radius 1 is 0.633 bits per heavy atom. The van der Waals surface area contributed by atoms with Crippen molar-refractivity contribution in [3.05, 3.63) is 196 Å². The summed E-state index contributed by atoms with van der Waals surface area (Å²) >= 11 is 7.65. The van der Waals surface area contributed by atoms with Crippen molar-refractivity contribution in [2.24, 2.45) is 0 Å². The van der Waals surface area contributed by atoms with Crippen LogP contribution in [0.1, 0.15) is 138 Å². The number of allylic oxidation sites excluding steroid dienone is 2. The molecule has 6 N–H and O–H groups in total. The minimum atomic E-state index is -0.967. The van der Waals surface area contributed by atoms with Gasteiger partial charge in [-0.1, -0.05) is 104 Å². The summed E-state index contributed by atoms with van der Waals surface area (Å²) in [5, 5.41) is 29.5. The van der Waals surface area contributed by atoms with E-state index in [1.54, 1.807) is 58.0 Å². The Hall–Kier alpha value is -7.88. The molecular formula is C63H69ClN6O8S. The van der Waals surface area contributed by atoms with Crippen LogP contribution in [-0.4, -0.2) is 65.4 Å². The second kappa shape index (κ2) is 29.7. The lowest BCUT2D eigenvalue weighted by Crippen LogP contribution is -2.40. The fourth-order valence-corrected chi connectivity index (χ4v) is 10.1. The van der Waals surface area contributed by atoms with Crippen LogP contribution in [-0.2, 0) is 22.7 Å². The molecule has 1 saturated carbocycles. The molecule has 0 radical (unpaired) electrons. The van der Waals surface area contributed by atoms with E-state index >= 15 is 0 Å².